The van der Waals surface area contributed by atoms with Gasteiger partial charge in [0, 0.05) is 35.9 Å². The van der Waals surface area contributed by atoms with Crippen molar-refractivity contribution in [3.8, 4) is 0 Å². The van der Waals surface area contributed by atoms with Crippen molar-refractivity contribution >= 4 is 21.4 Å². The third-order valence-electron chi connectivity index (χ3n) is 4.52. The van der Waals surface area contributed by atoms with E-state index in [9.17, 15) is 8.42 Å². The van der Waals surface area contributed by atoms with Gasteiger partial charge in [0.2, 0.25) is 10.0 Å². The zero-order valence-electron chi connectivity index (χ0n) is 12.9. The first-order valence-electron chi connectivity index (χ1n) is 7.67. The van der Waals surface area contributed by atoms with Crippen molar-refractivity contribution in [2.24, 2.45) is 11.8 Å². The van der Waals surface area contributed by atoms with Crippen molar-refractivity contribution in [2.75, 3.05) is 13.6 Å². The molecule has 2 unspecified atom stereocenters. The molecule has 0 spiro atoms. The van der Waals surface area contributed by atoms with Crippen LogP contribution in [-0.4, -0.2) is 32.4 Å². The number of rotatable bonds is 7. The second kappa shape index (κ2) is 5.65. The van der Waals surface area contributed by atoms with Crippen molar-refractivity contribution in [1.29, 1.82) is 0 Å². The summed E-state index contributed by atoms with van der Waals surface area (Å²) in [6.45, 7) is 5.53. The van der Waals surface area contributed by atoms with Gasteiger partial charge >= 0.3 is 0 Å². The molecule has 1 aromatic heterocycles. The molecule has 2 aliphatic carbocycles. The van der Waals surface area contributed by atoms with E-state index in [2.05, 4.69) is 12.2 Å². The molecule has 6 heteroatoms. The van der Waals surface area contributed by atoms with E-state index in [-0.39, 0.29) is 0 Å². The zero-order valence-corrected chi connectivity index (χ0v) is 14.6. The highest BCUT2D eigenvalue weighted by molar-refractivity contribution is 7.89. The molecule has 2 fully saturated rings. The van der Waals surface area contributed by atoms with Gasteiger partial charge in [0.25, 0.3) is 0 Å². The quantitative estimate of drug-likeness (QED) is 0.837. The molecule has 2 atom stereocenters. The highest BCUT2D eigenvalue weighted by Gasteiger charge is 2.36. The first-order chi connectivity index (χ1) is 9.88. The fraction of sp³-hybridized carbons (Fsp3) is 0.733. The van der Waals surface area contributed by atoms with E-state index < -0.39 is 10.0 Å². The van der Waals surface area contributed by atoms with Gasteiger partial charge in [-0.3, -0.25) is 0 Å². The Balaban J connectivity index is 1.70. The number of nitrogens with one attached hydrogen (secondary N) is 1. The van der Waals surface area contributed by atoms with Gasteiger partial charge in [0.1, 0.15) is 0 Å². The average Bonchev–Trinajstić information content (AvgIpc) is 3.31. The van der Waals surface area contributed by atoms with E-state index in [1.165, 1.54) is 17.1 Å². The average molecular weight is 329 g/mol. The summed E-state index contributed by atoms with van der Waals surface area (Å²) in [4.78, 5) is 2.51. The molecule has 0 aliphatic heterocycles. The van der Waals surface area contributed by atoms with E-state index in [0.29, 0.717) is 29.3 Å². The predicted octanol–water partition coefficient (Wildman–Crippen LogP) is 2.59. The minimum atomic E-state index is -3.33. The lowest BCUT2D eigenvalue weighted by molar-refractivity contribution is 0.444. The van der Waals surface area contributed by atoms with Gasteiger partial charge in [-0.05, 0) is 44.1 Å². The molecule has 1 N–H and O–H groups in total. The molecule has 1 heterocycles. The van der Waals surface area contributed by atoms with E-state index in [4.69, 9.17) is 0 Å². The summed E-state index contributed by atoms with van der Waals surface area (Å²) in [5.74, 6) is 1.21. The Morgan fingerprint density at radius 1 is 1.43 bits per heavy atom. The van der Waals surface area contributed by atoms with Gasteiger partial charge in [-0.25, -0.2) is 12.7 Å². The maximum Gasteiger partial charge on any atom is 0.243 e. The molecule has 0 saturated heterocycles. The van der Waals surface area contributed by atoms with E-state index in [1.807, 2.05) is 13.0 Å². The second-order valence-electron chi connectivity index (χ2n) is 6.55. The molecular weight excluding hydrogens is 304 g/mol. The fourth-order valence-corrected chi connectivity index (χ4v) is 5.43. The number of hydrogen-bond acceptors (Lipinski definition) is 4. The summed E-state index contributed by atoms with van der Waals surface area (Å²) in [5.41, 5.74) is 0. The molecule has 118 valence electrons. The van der Waals surface area contributed by atoms with Gasteiger partial charge < -0.3 is 5.32 Å². The Labute approximate surface area is 131 Å². The Morgan fingerprint density at radius 2 is 2.10 bits per heavy atom. The lowest BCUT2D eigenvalue weighted by Gasteiger charge is -2.16. The van der Waals surface area contributed by atoms with Gasteiger partial charge in [-0.15, -0.1) is 11.3 Å². The zero-order chi connectivity index (χ0) is 15.2. The SMILES string of the molecule is Cc1sc(CNC2CC2)cc1S(=O)(=O)N(C)CC1CC1C. The minimum absolute atomic E-state index is 0.496. The summed E-state index contributed by atoms with van der Waals surface area (Å²) in [6.07, 6.45) is 3.65. The summed E-state index contributed by atoms with van der Waals surface area (Å²) in [5, 5.41) is 3.44. The Kier molecular flexibility index (Phi) is 4.16. The van der Waals surface area contributed by atoms with E-state index in [0.717, 1.165) is 22.7 Å². The normalized spacial score (nSPS) is 25.5. The molecule has 1 aromatic rings. The molecular formula is C15H24N2O2S2. The van der Waals surface area contributed by atoms with Crippen molar-refractivity contribution < 1.29 is 8.42 Å². The monoisotopic (exact) mass is 328 g/mol. The smallest absolute Gasteiger partial charge is 0.243 e. The highest BCUT2D eigenvalue weighted by atomic mass is 32.2. The van der Waals surface area contributed by atoms with Crippen molar-refractivity contribution in [3.63, 3.8) is 0 Å². The molecule has 4 nitrogen and oxygen atoms in total. The van der Waals surface area contributed by atoms with Crippen LogP contribution in [0, 0.1) is 18.8 Å². The van der Waals surface area contributed by atoms with Crippen LogP contribution < -0.4 is 5.32 Å². The molecule has 0 radical (unpaired) electrons. The summed E-state index contributed by atoms with van der Waals surface area (Å²) >= 11 is 1.60. The molecule has 3 rings (SSSR count). The van der Waals surface area contributed by atoms with Crippen molar-refractivity contribution in [3.05, 3.63) is 15.8 Å². The van der Waals surface area contributed by atoms with Gasteiger partial charge in [-0.1, -0.05) is 6.92 Å². The Hall–Kier alpha value is -0.430. The van der Waals surface area contributed by atoms with Crippen LogP contribution in [0.4, 0.5) is 0 Å². The van der Waals surface area contributed by atoms with Crippen LogP contribution in [0.5, 0.6) is 0 Å². The number of hydrogen-bond donors (Lipinski definition) is 1. The highest BCUT2D eigenvalue weighted by Crippen LogP contribution is 2.39. The van der Waals surface area contributed by atoms with Crippen LogP contribution in [0.2, 0.25) is 0 Å². The number of sulfonamides is 1. The molecule has 2 saturated carbocycles. The summed E-state index contributed by atoms with van der Waals surface area (Å²) in [7, 11) is -1.63. The summed E-state index contributed by atoms with van der Waals surface area (Å²) < 4.78 is 26.9. The van der Waals surface area contributed by atoms with Crippen molar-refractivity contribution in [1.82, 2.24) is 9.62 Å². The van der Waals surface area contributed by atoms with Crippen LogP contribution in [-0.2, 0) is 16.6 Å². The lowest BCUT2D eigenvalue weighted by Crippen LogP contribution is -2.29. The standard InChI is InChI=1S/C15H24N2O2S2/c1-10-6-12(10)9-17(3)21(18,19)15-7-14(20-11(15)2)8-16-13-4-5-13/h7,10,12-13,16H,4-6,8-9H2,1-3H3. The van der Waals surface area contributed by atoms with Crippen LogP contribution in [0.1, 0.15) is 35.9 Å². The second-order valence-corrected chi connectivity index (χ2v) is 9.90. The number of nitrogens with zero attached hydrogens (tertiary/aromatic N) is 1. The maximum absolute atomic E-state index is 12.7. The van der Waals surface area contributed by atoms with Gasteiger partial charge in [-0.2, -0.15) is 0 Å². The van der Waals surface area contributed by atoms with Gasteiger partial charge in [0.15, 0.2) is 0 Å². The maximum atomic E-state index is 12.7. The third-order valence-corrected chi connectivity index (χ3v) is 7.65. The topological polar surface area (TPSA) is 49.4 Å². The molecule has 2 aliphatic rings. The van der Waals surface area contributed by atoms with Crippen LogP contribution >= 0.6 is 11.3 Å². The first kappa shape index (κ1) is 15.5. The minimum Gasteiger partial charge on any atom is -0.309 e. The molecule has 0 amide bonds. The van der Waals surface area contributed by atoms with Crippen LogP contribution in [0.3, 0.4) is 0 Å². The Bertz CT molecular complexity index is 620. The molecule has 0 aromatic carbocycles. The number of thiophene rings is 1. The van der Waals surface area contributed by atoms with Crippen LogP contribution in [0.25, 0.3) is 0 Å². The lowest BCUT2D eigenvalue weighted by atomic mass is 10.3. The third kappa shape index (κ3) is 3.50. The Morgan fingerprint density at radius 3 is 2.67 bits per heavy atom. The van der Waals surface area contributed by atoms with E-state index >= 15 is 0 Å². The predicted molar refractivity (Wildman–Crippen MR) is 86.0 cm³/mol. The molecule has 0 bridgehead atoms. The first-order valence-corrected chi connectivity index (χ1v) is 9.92. The summed E-state index contributed by atoms with van der Waals surface area (Å²) in [6, 6.07) is 2.50. The number of aryl methyl sites for hydroxylation is 1. The fourth-order valence-electron chi connectivity index (χ4n) is 2.65. The van der Waals surface area contributed by atoms with Gasteiger partial charge in [0.05, 0.1) is 4.90 Å². The van der Waals surface area contributed by atoms with Crippen LogP contribution in [0.15, 0.2) is 11.0 Å². The largest absolute Gasteiger partial charge is 0.309 e. The van der Waals surface area contributed by atoms with E-state index in [1.54, 1.807) is 18.4 Å². The van der Waals surface area contributed by atoms with Crippen molar-refractivity contribution in [2.45, 2.75) is 50.6 Å². The molecule has 21 heavy (non-hydrogen) atoms.